The summed E-state index contributed by atoms with van der Waals surface area (Å²) in [7, 11) is 1.54. The van der Waals surface area contributed by atoms with Crippen molar-refractivity contribution in [1.82, 2.24) is 26.3 Å². The van der Waals surface area contributed by atoms with Crippen molar-refractivity contribution < 1.29 is 38.3 Å². The van der Waals surface area contributed by atoms with Crippen molar-refractivity contribution in [3.05, 3.63) is 70.8 Å². The van der Waals surface area contributed by atoms with Crippen LogP contribution in [0.1, 0.15) is 70.9 Å². The zero-order chi connectivity index (χ0) is 36.9. The minimum Gasteiger partial charge on any atom is -0.497 e. The van der Waals surface area contributed by atoms with Gasteiger partial charge in [0, 0.05) is 23.0 Å². The monoisotopic (exact) mass is 723 g/mol. The number of nitrogens with zero attached hydrogens (tertiary/aromatic N) is 1. The largest absolute Gasteiger partial charge is 0.497 e. The van der Waals surface area contributed by atoms with Crippen molar-refractivity contribution in [1.29, 1.82) is 0 Å². The molecule has 14 heteroatoms. The summed E-state index contributed by atoms with van der Waals surface area (Å²) in [5.41, 5.74) is 3.01. The number of rotatable bonds is 13. The number of carbonyl (C=O) groups excluding carboxylic acids is 5. The van der Waals surface area contributed by atoms with E-state index in [-0.39, 0.29) is 32.0 Å². The number of halogens is 1. The maximum absolute atomic E-state index is 14.5. The first-order chi connectivity index (χ1) is 24.2. The van der Waals surface area contributed by atoms with Crippen LogP contribution < -0.4 is 26.2 Å². The number of hydrogen-bond acceptors (Lipinski definition) is 9. The Labute approximate surface area is 302 Å². The molecule has 1 spiro atoms. The van der Waals surface area contributed by atoms with E-state index in [9.17, 15) is 24.0 Å². The van der Waals surface area contributed by atoms with Crippen molar-refractivity contribution in [2.45, 2.75) is 96.2 Å². The van der Waals surface area contributed by atoms with E-state index in [2.05, 4.69) is 21.4 Å². The van der Waals surface area contributed by atoms with Gasteiger partial charge >= 0.3 is 6.09 Å². The van der Waals surface area contributed by atoms with Crippen LogP contribution in [0.2, 0.25) is 5.02 Å². The van der Waals surface area contributed by atoms with E-state index in [0.717, 1.165) is 18.4 Å². The molecule has 2 aromatic carbocycles. The van der Waals surface area contributed by atoms with E-state index in [1.807, 2.05) is 19.1 Å². The molecule has 4 amide bonds. The van der Waals surface area contributed by atoms with Gasteiger partial charge in [-0.2, -0.15) is 0 Å². The fourth-order valence-corrected chi connectivity index (χ4v) is 6.36. The van der Waals surface area contributed by atoms with E-state index in [1.165, 1.54) is 12.0 Å². The number of ether oxygens (including phenoxy) is 2. The van der Waals surface area contributed by atoms with Gasteiger partial charge in [-0.15, -0.1) is 0 Å². The molecule has 1 saturated heterocycles. The Morgan fingerprint density at radius 3 is 2.49 bits per heavy atom. The number of methoxy groups -OCH3 is 1. The molecule has 1 saturated carbocycles. The Hall–Kier alpha value is -4.62. The van der Waals surface area contributed by atoms with Crippen LogP contribution in [0.4, 0.5) is 4.79 Å². The van der Waals surface area contributed by atoms with Gasteiger partial charge < -0.3 is 30.3 Å². The number of hydroxylamine groups is 1. The molecule has 5 rings (SSSR count). The van der Waals surface area contributed by atoms with Crippen LogP contribution >= 0.6 is 11.6 Å². The fraction of sp³-hybridized carbons (Fsp3) is 0.486. The molecule has 13 nitrogen and oxygen atoms in total. The molecule has 0 bridgehead atoms. The van der Waals surface area contributed by atoms with Gasteiger partial charge in [0.25, 0.3) is 5.91 Å². The van der Waals surface area contributed by atoms with Gasteiger partial charge in [0.2, 0.25) is 17.6 Å². The lowest BCUT2D eigenvalue weighted by atomic mass is 9.85. The molecule has 3 aliphatic rings. The van der Waals surface area contributed by atoms with E-state index < -0.39 is 58.7 Å². The number of Topliss-reactive ketones (excluding diaryl/α,β-unsaturated/α-hetero) is 1. The SMILES string of the molecule is CCC[C@H](NC(=O)[C@@H]1C[C@]2(C=C(c3cccc(Cl)c3)NO2)CN1C(=O)[C@@H](NC(=O)OCc1cccc(OC)c1)C(C)(C)C)C(=O)C(=O)NC1CC1. The van der Waals surface area contributed by atoms with Crippen LogP contribution in [0, 0.1) is 5.41 Å². The molecule has 2 fully saturated rings. The first-order valence-corrected chi connectivity index (χ1v) is 17.5. The van der Waals surface area contributed by atoms with E-state index in [4.69, 9.17) is 25.9 Å². The summed E-state index contributed by atoms with van der Waals surface area (Å²) in [4.78, 5) is 75.1. The van der Waals surface area contributed by atoms with Crippen LogP contribution in [0.5, 0.6) is 5.75 Å². The number of benzene rings is 2. The Morgan fingerprint density at radius 2 is 1.82 bits per heavy atom. The Bertz CT molecular complexity index is 1690. The smallest absolute Gasteiger partial charge is 0.408 e. The average molecular weight is 724 g/mol. The minimum absolute atomic E-state index is 0.0279. The number of alkyl carbamates (subject to hydrolysis) is 1. The molecule has 4 atom stereocenters. The predicted molar refractivity (Wildman–Crippen MR) is 189 cm³/mol. The molecule has 0 unspecified atom stereocenters. The van der Waals surface area contributed by atoms with E-state index >= 15 is 0 Å². The zero-order valence-corrected chi connectivity index (χ0v) is 30.3. The maximum atomic E-state index is 14.5. The zero-order valence-electron chi connectivity index (χ0n) is 29.5. The second kappa shape index (κ2) is 15.7. The number of nitrogens with one attached hydrogen (secondary N) is 4. The lowest BCUT2D eigenvalue weighted by molar-refractivity contribution is -0.144. The van der Waals surface area contributed by atoms with E-state index in [1.54, 1.807) is 63.2 Å². The highest BCUT2D eigenvalue weighted by molar-refractivity contribution is 6.38. The summed E-state index contributed by atoms with van der Waals surface area (Å²) in [6.07, 6.45) is 3.39. The Balaban J connectivity index is 1.39. The molecule has 274 valence electrons. The van der Waals surface area contributed by atoms with Crippen molar-refractivity contribution in [3.63, 3.8) is 0 Å². The quantitative estimate of drug-likeness (QED) is 0.223. The molecule has 51 heavy (non-hydrogen) atoms. The second-order valence-electron chi connectivity index (χ2n) is 14.4. The van der Waals surface area contributed by atoms with Gasteiger partial charge in [0.1, 0.15) is 30.0 Å². The standard InChI is InChI=1S/C37H46ClN5O8/c1-6-9-27(30(44)33(46)39-25-14-15-25)40-32(45)29-19-37(18-28(42-51-37)23-11-8-12-24(38)17-23)21-43(29)34(47)31(36(2,3)4)41-35(48)50-20-22-10-7-13-26(16-22)49-5/h7-8,10-13,16-18,25,27,29,31,42H,6,9,14-15,19-21H2,1-5H3,(H,39,46)(H,40,45)(H,41,48)/t27-,29-,31+,37+/m0/s1. The lowest BCUT2D eigenvalue weighted by Crippen LogP contribution is -2.59. The molecule has 2 heterocycles. The number of amides is 4. The summed E-state index contributed by atoms with van der Waals surface area (Å²) in [5.74, 6) is -2.04. The topological polar surface area (TPSA) is 164 Å². The van der Waals surface area contributed by atoms with Crippen LogP contribution in [0.15, 0.2) is 54.6 Å². The normalized spacial score (nSPS) is 20.9. The first kappa shape index (κ1) is 37.6. The molecule has 2 aliphatic heterocycles. The highest BCUT2D eigenvalue weighted by Crippen LogP contribution is 2.39. The van der Waals surface area contributed by atoms with Gasteiger partial charge in [-0.1, -0.05) is 70.0 Å². The van der Waals surface area contributed by atoms with Gasteiger partial charge in [-0.25, -0.2) is 4.79 Å². The van der Waals surface area contributed by atoms with Crippen molar-refractivity contribution in [3.8, 4) is 5.75 Å². The number of hydrogen-bond donors (Lipinski definition) is 4. The fourth-order valence-electron chi connectivity index (χ4n) is 6.17. The number of carbonyl (C=O) groups is 5. The molecule has 0 radical (unpaired) electrons. The van der Waals surface area contributed by atoms with Crippen molar-refractivity contribution in [2.75, 3.05) is 13.7 Å². The van der Waals surface area contributed by atoms with E-state index in [0.29, 0.717) is 28.5 Å². The van der Waals surface area contributed by atoms with Gasteiger partial charge in [0.15, 0.2) is 0 Å². The number of likely N-dealkylation sites (tertiary alicyclic amines) is 1. The second-order valence-corrected chi connectivity index (χ2v) is 14.8. The lowest BCUT2D eigenvalue weighted by Gasteiger charge is -2.35. The third-order valence-corrected chi connectivity index (χ3v) is 9.31. The van der Waals surface area contributed by atoms with Crippen molar-refractivity contribution in [2.24, 2.45) is 5.41 Å². The van der Waals surface area contributed by atoms with Crippen LogP contribution in [-0.4, -0.2) is 77.9 Å². The minimum atomic E-state index is -1.14. The predicted octanol–water partition coefficient (Wildman–Crippen LogP) is 4.04. The molecule has 4 N–H and O–H groups in total. The van der Waals surface area contributed by atoms with Crippen LogP contribution in [0.25, 0.3) is 5.70 Å². The molecular formula is C37H46ClN5O8. The van der Waals surface area contributed by atoms with Gasteiger partial charge in [-0.3, -0.25) is 29.5 Å². The summed E-state index contributed by atoms with van der Waals surface area (Å²) >= 11 is 6.24. The van der Waals surface area contributed by atoms with Crippen LogP contribution in [0.3, 0.4) is 0 Å². The summed E-state index contributed by atoms with van der Waals surface area (Å²) in [5, 5.41) is 8.70. The summed E-state index contributed by atoms with van der Waals surface area (Å²) < 4.78 is 10.7. The molecule has 2 aromatic rings. The highest BCUT2D eigenvalue weighted by atomic mass is 35.5. The Kier molecular flexibility index (Phi) is 11.6. The van der Waals surface area contributed by atoms with Crippen LogP contribution in [-0.2, 0) is 35.4 Å². The Morgan fingerprint density at radius 1 is 1.08 bits per heavy atom. The molecule has 0 aromatic heterocycles. The third kappa shape index (κ3) is 9.39. The maximum Gasteiger partial charge on any atom is 0.408 e. The highest BCUT2D eigenvalue weighted by Gasteiger charge is 2.54. The third-order valence-electron chi connectivity index (χ3n) is 9.07. The first-order valence-electron chi connectivity index (χ1n) is 17.2. The van der Waals surface area contributed by atoms with Gasteiger partial charge in [-0.05, 0) is 60.6 Å². The van der Waals surface area contributed by atoms with Gasteiger partial charge in [0.05, 0.1) is 25.4 Å². The van der Waals surface area contributed by atoms with Crippen molar-refractivity contribution >= 4 is 46.9 Å². The summed E-state index contributed by atoms with van der Waals surface area (Å²) in [6.45, 7) is 7.10. The average Bonchev–Trinajstić information content (AvgIpc) is 3.69. The molecule has 1 aliphatic carbocycles. The summed E-state index contributed by atoms with van der Waals surface area (Å²) in [6, 6.07) is 10.9. The molecular weight excluding hydrogens is 678 g/mol. The number of ketones is 1.